The fourth-order valence-electron chi connectivity index (χ4n) is 4.36. The molecule has 0 spiro atoms. The average molecular weight is 487 g/mol. The minimum Gasteiger partial charge on any atom is -0.495 e. The third kappa shape index (κ3) is 5.80. The van der Waals surface area contributed by atoms with Crippen LogP contribution in [0.25, 0.3) is 0 Å². The van der Waals surface area contributed by atoms with E-state index in [0.717, 1.165) is 38.0 Å². The zero-order chi connectivity index (χ0) is 24.1. The van der Waals surface area contributed by atoms with Crippen LogP contribution in [0, 0.1) is 0 Å². The Balaban J connectivity index is 1.38. The van der Waals surface area contributed by atoms with Crippen LogP contribution >= 0.6 is 0 Å². The minimum absolute atomic E-state index is 0.0140. The molecule has 182 valence electrons. The first-order valence-electron chi connectivity index (χ1n) is 11.5. The monoisotopic (exact) mass is 486 g/mol. The first kappa shape index (κ1) is 23.9. The number of carbonyl (C=O) groups excluding carboxylic acids is 2. The Hall–Kier alpha value is -3.27. The van der Waals surface area contributed by atoms with Gasteiger partial charge in [0.05, 0.1) is 12.8 Å². The number of nitrogens with one attached hydrogen (secondary N) is 2. The highest BCUT2D eigenvalue weighted by Crippen LogP contribution is 2.34. The van der Waals surface area contributed by atoms with Crippen LogP contribution in [-0.2, 0) is 19.6 Å². The number of nitrogens with zero attached hydrogens (tertiary/aromatic N) is 2. The van der Waals surface area contributed by atoms with Crippen LogP contribution in [0.1, 0.15) is 32.1 Å². The summed E-state index contributed by atoms with van der Waals surface area (Å²) in [6.45, 7) is 2.58. The molecule has 34 heavy (non-hydrogen) atoms. The van der Waals surface area contributed by atoms with Gasteiger partial charge in [-0.3, -0.25) is 14.3 Å². The summed E-state index contributed by atoms with van der Waals surface area (Å²) in [5.74, 6) is -0.915. The van der Waals surface area contributed by atoms with Crippen molar-refractivity contribution in [3.8, 4) is 5.75 Å². The number of hydrogen-bond donors (Lipinski definition) is 2. The summed E-state index contributed by atoms with van der Waals surface area (Å²) < 4.78 is 32.9. The van der Waals surface area contributed by atoms with Crippen LogP contribution in [0.3, 0.4) is 0 Å². The Kier molecular flexibility index (Phi) is 7.26. The highest BCUT2D eigenvalue weighted by Gasteiger charge is 2.25. The van der Waals surface area contributed by atoms with Gasteiger partial charge in [0.2, 0.25) is 21.8 Å². The molecule has 2 aromatic carbocycles. The number of amides is 2. The highest BCUT2D eigenvalue weighted by molar-refractivity contribution is 7.93. The number of methoxy groups -OCH3 is 1. The Labute approximate surface area is 200 Å². The SMILES string of the molecule is COc1ccc(NC(=O)CS(=O)(=O)Nc2ccc(N3CCCCC3)cc2)cc1N1CCCC1=O. The maximum Gasteiger partial charge on any atom is 0.241 e. The Morgan fingerprint density at radius 2 is 1.68 bits per heavy atom. The van der Waals surface area contributed by atoms with Crippen LogP contribution in [0.15, 0.2) is 42.5 Å². The molecule has 0 saturated carbocycles. The van der Waals surface area contributed by atoms with Crippen molar-refractivity contribution in [2.75, 3.05) is 52.3 Å². The van der Waals surface area contributed by atoms with E-state index in [2.05, 4.69) is 14.9 Å². The van der Waals surface area contributed by atoms with E-state index >= 15 is 0 Å². The number of sulfonamides is 1. The van der Waals surface area contributed by atoms with Crippen molar-refractivity contribution < 1.29 is 22.7 Å². The van der Waals surface area contributed by atoms with Crippen molar-refractivity contribution in [1.82, 2.24) is 0 Å². The van der Waals surface area contributed by atoms with Gasteiger partial charge in [0.15, 0.2) is 0 Å². The molecule has 2 aliphatic rings. The van der Waals surface area contributed by atoms with Crippen LogP contribution in [0.4, 0.5) is 22.7 Å². The Morgan fingerprint density at radius 1 is 0.971 bits per heavy atom. The van der Waals surface area contributed by atoms with Crippen LogP contribution in [0.2, 0.25) is 0 Å². The molecule has 0 radical (unpaired) electrons. The van der Waals surface area contributed by atoms with E-state index in [1.165, 1.54) is 13.5 Å². The van der Waals surface area contributed by atoms with Crippen LogP contribution < -0.4 is 24.6 Å². The molecule has 2 aromatic rings. The summed E-state index contributed by atoms with van der Waals surface area (Å²) in [4.78, 5) is 28.5. The molecule has 2 aliphatic heterocycles. The van der Waals surface area contributed by atoms with Crippen molar-refractivity contribution >= 4 is 44.6 Å². The van der Waals surface area contributed by atoms with Gasteiger partial charge in [-0.2, -0.15) is 0 Å². The third-order valence-electron chi connectivity index (χ3n) is 6.01. The van der Waals surface area contributed by atoms with E-state index in [1.54, 1.807) is 35.2 Å². The smallest absolute Gasteiger partial charge is 0.241 e. The van der Waals surface area contributed by atoms with E-state index < -0.39 is 21.7 Å². The van der Waals surface area contributed by atoms with Gasteiger partial charge >= 0.3 is 0 Å². The standard InChI is InChI=1S/C24H30N4O5S/c1-33-22-12-9-19(16-21(22)28-15-5-6-24(28)30)25-23(29)17-34(31,32)26-18-7-10-20(11-8-18)27-13-3-2-4-14-27/h7-12,16,26H,2-6,13-15,17H2,1H3,(H,25,29). The quantitative estimate of drug-likeness (QED) is 0.593. The number of anilines is 4. The second-order valence-electron chi connectivity index (χ2n) is 8.54. The largest absolute Gasteiger partial charge is 0.495 e. The zero-order valence-electron chi connectivity index (χ0n) is 19.2. The van der Waals surface area contributed by atoms with Gasteiger partial charge in [-0.25, -0.2) is 8.42 Å². The number of rotatable bonds is 8. The first-order chi connectivity index (χ1) is 16.3. The molecule has 0 atom stereocenters. The number of ether oxygens (including phenoxy) is 1. The summed E-state index contributed by atoms with van der Waals surface area (Å²) in [6.07, 6.45) is 4.77. The summed E-state index contributed by atoms with van der Waals surface area (Å²) in [5.41, 5.74) is 2.42. The van der Waals surface area contributed by atoms with E-state index in [0.29, 0.717) is 35.8 Å². The molecule has 9 nitrogen and oxygen atoms in total. The predicted octanol–water partition coefficient (Wildman–Crippen LogP) is 3.19. The molecule has 0 unspecified atom stereocenters. The summed E-state index contributed by atoms with van der Waals surface area (Å²) in [5, 5.41) is 2.61. The lowest BCUT2D eigenvalue weighted by Crippen LogP contribution is -2.29. The lowest BCUT2D eigenvalue weighted by Gasteiger charge is -2.28. The lowest BCUT2D eigenvalue weighted by molar-refractivity contribution is -0.117. The van der Waals surface area contributed by atoms with Gasteiger partial charge in [-0.05, 0) is 68.1 Å². The zero-order valence-corrected chi connectivity index (χ0v) is 20.1. The maximum absolute atomic E-state index is 12.6. The van der Waals surface area contributed by atoms with Crippen LogP contribution in [0.5, 0.6) is 5.75 Å². The van der Waals surface area contributed by atoms with Gasteiger partial charge in [-0.1, -0.05) is 0 Å². The van der Waals surface area contributed by atoms with E-state index in [4.69, 9.17) is 4.74 Å². The van der Waals surface area contributed by atoms with Gasteiger partial charge in [0.25, 0.3) is 0 Å². The molecule has 2 saturated heterocycles. The number of carbonyl (C=O) groups is 2. The molecule has 0 bridgehead atoms. The third-order valence-corrected chi connectivity index (χ3v) is 7.20. The lowest BCUT2D eigenvalue weighted by atomic mass is 10.1. The molecule has 0 aliphatic carbocycles. The Morgan fingerprint density at radius 3 is 2.32 bits per heavy atom. The van der Waals surface area contributed by atoms with Crippen molar-refractivity contribution in [3.05, 3.63) is 42.5 Å². The second kappa shape index (κ2) is 10.3. The van der Waals surface area contributed by atoms with Gasteiger partial charge in [-0.15, -0.1) is 0 Å². The van der Waals surface area contributed by atoms with E-state index in [9.17, 15) is 18.0 Å². The van der Waals surface area contributed by atoms with Crippen molar-refractivity contribution in [3.63, 3.8) is 0 Å². The molecule has 2 fully saturated rings. The summed E-state index contributed by atoms with van der Waals surface area (Å²) >= 11 is 0. The molecule has 0 aromatic heterocycles. The molecule has 2 amide bonds. The summed E-state index contributed by atoms with van der Waals surface area (Å²) in [6, 6.07) is 12.1. The number of hydrogen-bond acceptors (Lipinski definition) is 6. The second-order valence-corrected chi connectivity index (χ2v) is 10.3. The summed E-state index contributed by atoms with van der Waals surface area (Å²) in [7, 11) is -2.40. The molecule has 2 N–H and O–H groups in total. The van der Waals surface area contributed by atoms with Crippen molar-refractivity contribution in [1.29, 1.82) is 0 Å². The molecular formula is C24H30N4O5S. The van der Waals surface area contributed by atoms with Crippen LogP contribution in [-0.4, -0.2) is 52.7 Å². The Bertz CT molecular complexity index is 1140. The van der Waals surface area contributed by atoms with Crippen molar-refractivity contribution in [2.45, 2.75) is 32.1 Å². The normalized spacial score (nSPS) is 16.4. The minimum atomic E-state index is -3.90. The number of piperidine rings is 1. The molecule has 4 rings (SSSR count). The highest BCUT2D eigenvalue weighted by atomic mass is 32.2. The van der Waals surface area contributed by atoms with Gasteiger partial charge in [0.1, 0.15) is 11.5 Å². The number of benzene rings is 2. The average Bonchev–Trinajstić information content (AvgIpc) is 3.25. The van der Waals surface area contributed by atoms with E-state index in [-0.39, 0.29) is 5.91 Å². The molecular weight excluding hydrogens is 456 g/mol. The maximum atomic E-state index is 12.6. The topological polar surface area (TPSA) is 108 Å². The van der Waals surface area contributed by atoms with Gasteiger partial charge in [0, 0.05) is 43.1 Å². The molecule has 10 heteroatoms. The predicted molar refractivity (Wildman–Crippen MR) is 133 cm³/mol. The van der Waals surface area contributed by atoms with Gasteiger partial charge < -0.3 is 19.9 Å². The first-order valence-corrected chi connectivity index (χ1v) is 13.1. The van der Waals surface area contributed by atoms with E-state index in [1.807, 2.05) is 12.1 Å². The molecule has 2 heterocycles. The van der Waals surface area contributed by atoms with Crippen molar-refractivity contribution in [2.24, 2.45) is 0 Å². The fourth-order valence-corrected chi connectivity index (χ4v) is 5.34. The fraction of sp³-hybridized carbons (Fsp3) is 0.417.